The molecule has 1 amide bonds. The highest BCUT2D eigenvalue weighted by Gasteiger charge is 2.31. The SMILES string of the molecule is O=C(CSc1nncs1)N1CCN(Cc2ccc(OC(F)(F)F)cc2)CC1. The van der Waals surface area contributed by atoms with Crippen LogP contribution in [0.4, 0.5) is 13.2 Å². The minimum Gasteiger partial charge on any atom is -0.406 e. The van der Waals surface area contributed by atoms with Gasteiger partial charge in [0.05, 0.1) is 5.75 Å². The van der Waals surface area contributed by atoms with Crippen molar-refractivity contribution in [3.63, 3.8) is 0 Å². The summed E-state index contributed by atoms with van der Waals surface area (Å²) >= 11 is 2.79. The quantitative estimate of drug-likeness (QED) is 0.673. The number of alkyl halides is 3. The maximum atomic E-state index is 12.2. The van der Waals surface area contributed by atoms with E-state index in [2.05, 4.69) is 19.8 Å². The third-order valence-electron chi connectivity index (χ3n) is 3.95. The van der Waals surface area contributed by atoms with Gasteiger partial charge in [-0.05, 0) is 17.7 Å². The second kappa shape index (κ2) is 8.89. The lowest BCUT2D eigenvalue weighted by molar-refractivity contribution is -0.274. The van der Waals surface area contributed by atoms with Crippen LogP contribution in [-0.4, -0.2) is 64.2 Å². The summed E-state index contributed by atoms with van der Waals surface area (Å²) in [5.41, 5.74) is 2.53. The number of carbonyl (C=O) groups is 1. The van der Waals surface area contributed by atoms with Gasteiger partial charge >= 0.3 is 6.36 Å². The van der Waals surface area contributed by atoms with Gasteiger partial charge in [-0.3, -0.25) is 9.69 Å². The number of piperazine rings is 1. The van der Waals surface area contributed by atoms with Crippen LogP contribution in [0.2, 0.25) is 0 Å². The van der Waals surface area contributed by atoms with E-state index in [0.717, 1.165) is 23.0 Å². The lowest BCUT2D eigenvalue weighted by Crippen LogP contribution is -2.48. The Labute approximate surface area is 162 Å². The predicted molar refractivity (Wildman–Crippen MR) is 95.6 cm³/mol. The smallest absolute Gasteiger partial charge is 0.406 e. The molecule has 1 aromatic carbocycles. The average molecular weight is 418 g/mol. The van der Waals surface area contributed by atoms with E-state index in [9.17, 15) is 18.0 Å². The van der Waals surface area contributed by atoms with Crippen molar-refractivity contribution >= 4 is 29.0 Å². The molecule has 0 aliphatic carbocycles. The monoisotopic (exact) mass is 418 g/mol. The fourth-order valence-electron chi connectivity index (χ4n) is 2.65. The van der Waals surface area contributed by atoms with E-state index in [-0.39, 0.29) is 11.7 Å². The summed E-state index contributed by atoms with van der Waals surface area (Å²) in [6.45, 7) is 3.31. The molecule has 1 fully saturated rings. The van der Waals surface area contributed by atoms with E-state index < -0.39 is 6.36 Å². The van der Waals surface area contributed by atoms with Crippen LogP contribution in [-0.2, 0) is 11.3 Å². The van der Waals surface area contributed by atoms with Crippen LogP contribution in [0.15, 0.2) is 34.1 Å². The molecule has 1 aromatic heterocycles. The Morgan fingerprint density at radius 1 is 1.19 bits per heavy atom. The molecular formula is C16H17F3N4O2S2. The highest BCUT2D eigenvalue weighted by Crippen LogP contribution is 2.23. The third-order valence-corrected chi connectivity index (χ3v) is 5.79. The summed E-state index contributed by atoms with van der Waals surface area (Å²) in [6, 6.07) is 5.87. The summed E-state index contributed by atoms with van der Waals surface area (Å²) in [5, 5.41) is 7.64. The molecule has 27 heavy (non-hydrogen) atoms. The van der Waals surface area contributed by atoms with Gasteiger partial charge in [-0.15, -0.1) is 23.4 Å². The highest BCUT2D eigenvalue weighted by atomic mass is 32.2. The topological polar surface area (TPSA) is 58.6 Å². The van der Waals surface area contributed by atoms with E-state index in [4.69, 9.17) is 0 Å². The second-order valence-corrected chi connectivity index (χ2v) is 7.90. The molecule has 1 aliphatic rings. The number of benzene rings is 1. The van der Waals surface area contributed by atoms with Crippen molar-refractivity contribution in [1.82, 2.24) is 20.0 Å². The molecule has 0 atom stereocenters. The first-order valence-corrected chi connectivity index (χ1v) is 9.99. The maximum absolute atomic E-state index is 12.2. The van der Waals surface area contributed by atoms with Crippen molar-refractivity contribution in [1.29, 1.82) is 0 Å². The van der Waals surface area contributed by atoms with E-state index in [1.54, 1.807) is 17.6 Å². The number of nitrogens with zero attached hydrogens (tertiary/aromatic N) is 4. The zero-order valence-electron chi connectivity index (χ0n) is 14.2. The molecule has 2 aromatic rings. The van der Waals surface area contributed by atoms with Gasteiger partial charge in [0.2, 0.25) is 5.91 Å². The highest BCUT2D eigenvalue weighted by molar-refractivity contribution is 8.01. The van der Waals surface area contributed by atoms with Crippen LogP contribution in [0.3, 0.4) is 0 Å². The van der Waals surface area contributed by atoms with Gasteiger partial charge in [0.1, 0.15) is 11.3 Å². The Hall–Kier alpha value is -1.85. The van der Waals surface area contributed by atoms with Crippen LogP contribution in [0.1, 0.15) is 5.56 Å². The number of hydrogen-bond donors (Lipinski definition) is 0. The lowest BCUT2D eigenvalue weighted by Gasteiger charge is -2.34. The number of thioether (sulfide) groups is 1. The minimum atomic E-state index is -4.68. The first kappa shape index (κ1) is 19.9. The van der Waals surface area contributed by atoms with Crippen LogP contribution in [0, 0.1) is 0 Å². The molecule has 1 aliphatic heterocycles. The Balaban J connectivity index is 1.42. The number of amides is 1. The van der Waals surface area contributed by atoms with E-state index >= 15 is 0 Å². The standard InChI is InChI=1S/C16H17F3N4O2S2/c17-16(18,19)25-13-3-1-12(2-4-13)9-22-5-7-23(8-6-22)14(24)10-26-15-21-20-11-27-15/h1-4,11H,5-10H2. The number of carbonyl (C=O) groups excluding carboxylic acids is 1. The van der Waals surface area contributed by atoms with Crippen molar-refractivity contribution < 1.29 is 22.7 Å². The van der Waals surface area contributed by atoms with Gasteiger partial charge < -0.3 is 9.64 Å². The molecule has 0 bridgehead atoms. The maximum Gasteiger partial charge on any atom is 0.573 e. The Kier molecular flexibility index (Phi) is 6.55. The van der Waals surface area contributed by atoms with Crippen LogP contribution < -0.4 is 4.74 Å². The van der Waals surface area contributed by atoms with Crippen LogP contribution >= 0.6 is 23.1 Å². The number of ether oxygens (including phenoxy) is 1. The predicted octanol–water partition coefficient (Wildman–Crippen LogP) is 2.87. The fraction of sp³-hybridized carbons (Fsp3) is 0.438. The van der Waals surface area contributed by atoms with Crippen molar-refractivity contribution in [3.05, 3.63) is 35.3 Å². The second-order valence-electron chi connectivity index (χ2n) is 5.84. The molecule has 0 N–H and O–H groups in total. The first-order valence-electron chi connectivity index (χ1n) is 8.13. The molecular weight excluding hydrogens is 401 g/mol. The normalized spacial score (nSPS) is 15.7. The zero-order chi connectivity index (χ0) is 19.3. The zero-order valence-corrected chi connectivity index (χ0v) is 15.8. The summed E-state index contributed by atoms with van der Waals surface area (Å²) in [6.07, 6.45) is -4.68. The molecule has 11 heteroatoms. The Bertz CT molecular complexity index is 733. The van der Waals surface area contributed by atoms with Crippen molar-refractivity contribution in [2.24, 2.45) is 0 Å². The molecule has 2 heterocycles. The molecule has 0 saturated carbocycles. The van der Waals surface area contributed by atoms with Crippen LogP contribution in [0.25, 0.3) is 0 Å². The van der Waals surface area contributed by atoms with Gasteiger partial charge in [-0.25, -0.2) is 0 Å². The number of hydrogen-bond acceptors (Lipinski definition) is 7. The molecule has 0 unspecified atom stereocenters. The summed E-state index contributed by atoms with van der Waals surface area (Å²) < 4.78 is 41.2. The van der Waals surface area contributed by atoms with Gasteiger partial charge in [-0.2, -0.15) is 0 Å². The van der Waals surface area contributed by atoms with E-state index in [1.807, 2.05) is 4.90 Å². The lowest BCUT2D eigenvalue weighted by atomic mass is 10.2. The van der Waals surface area contributed by atoms with Crippen molar-refractivity contribution in [2.45, 2.75) is 17.2 Å². The summed E-state index contributed by atoms with van der Waals surface area (Å²) in [7, 11) is 0. The molecule has 3 rings (SSSR count). The van der Waals surface area contributed by atoms with E-state index in [1.165, 1.54) is 35.2 Å². The Morgan fingerprint density at radius 3 is 2.48 bits per heavy atom. The molecule has 146 valence electrons. The van der Waals surface area contributed by atoms with Gasteiger partial charge in [0, 0.05) is 32.7 Å². The minimum absolute atomic E-state index is 0.0727. The van der Waals surface area contributed by atoms with Crippen molar-refractivity contribution in [2.75, 3.05) is 31.9 Å². The van der Waals surface area contributed by atoms with Gasteiger partial charge in [-0.1, -0.05) is 35.2 Å². The number of rotatable bonds is 6. The first-order chi connectivity index (χ1) is 12.9. The van der Waals surface area contributed by atoms with E-state index in [0.29, 0.717) is 25.4 Å². The largest absolute Gasteiger partial charge is 0.573 e. The van der Waals surface area contributed by atoms with Crippen LogP contribution in [0.5, 0.6) is 5.75 Å². The molecule has 6 nitrogen and oxygen atoms in total. The average Bonchev–Trinajstić information content (AvgIpc) is 3.14. The van der Waals surface area contributed by atoms with Crippen molar-refractivity contribution in [3.8, 4) is 5.75 Å². The summed E-state index contributed by atoms with van der Waals surface area (Å²) in [4.78, 5) is 16.2. The van der Waals surface area contributed by atoms with Gasteiger partial charge in [0.25, 0.3) is 0 Å². The fourth-order valence-corrected chi connectivity index (χ4v) is 4.04. The number of halogens is 3. The molecule has 0 radical (unpaired) electrons. The Morgan fingerprint density at radius 2 is 1.89 bits per heavy atom. The molecule has 0 spiro atoms. The summed E-state index contributed by atoms with van der Waals surface area (Å²) in [5.74, 6) is 0.189. The molecule has 1 saturated heterocycles. The number of aromatic nitrogens is 2. The van der Waals surface area contributed by atoms with Gasteiger partial charge in [0.15, 0.2) is 4.34 Å². The third kappa shape index (κ3) is 6.36.